The van der Waals surface area contributed by atoms with E-state index >= 15 is 0 Å². The summed E-state index contributed by atoms with van der Waals surface area (Å²) in [4.78, 5) is 0. The van der Waals surface area contributed by atoms with Gasteiger partial charge in [0.2, 0.25) is 0 Å². The summed E-state index contributed by atoms with van der Waals surface area (Å²) in [5.74, 6) is 1.40. The van der Waals surface area contributed by atoms with Gasteiger partial charge in [-0.3, -0.25) is 0 Å². The molecule has 0 aliphatic rings. The Bertz CT molecular complexity index is 117. The molecule has 1 N–H and O–H groups in total. The second-order valence-electron chi connectivity index (χ2n) is 4.08. The van der Waals surface area contributed by atoms with Crippen molar-refractivity contribution < 1.29 is 4.74 Å². The summed E-state index contributed by atoms with van der Waals surface area (Å²) in [6, 6.07) is 0.634. The fourth-order valence-corrected chi connectivity index (χ4v) is 1.71. The Morgan fingerprint density at radius 1 is 1.31 bits per heavy atom. The molecule has 0 amide bonds. The lowest BCUT2D eigenvalue weighted by atomic mass is 9.91. The Morgan fingerprint density at radius 2 is 1.92 bits per heavy atom. The SMILES string of the molecule is CCC(C)C(CC(C)COC)NC. The molecule has 0 aliphatic carbocycles. The molecular weight excluding hydrogens is 162 g/mol. The van der Waals surface area contributed by atoms with Crippen LogP contribution in [0.25, 0.3) is 0 Å². The van der Waals surface area contributed by atoms with Gasteiger partial charge in [-0.15, -0.1) is 0 Å². The molecule has 0 aromatic heterocycles. The minimum absolute atomic E-state index is 0.634. The van der Waals surface area contributed by atoms with Crippen molar-refractivity contribution in [3.63, 3.8) is 0 Å². The van der Waals surface area contributed by atoms with Gasteiger partial charge in [-0.1, -0.05) is 27.2 Å². The second-order valence-corrected chi connectivity index (χ2v) is 4.08. The van der Waals surface area contributed by atoms with Crippen LogP contribution in [0.15, 0.2) is 0 Å². The molecule has 0 heterocycles. The highest BCUT2D eigenvalue weighted by atomic mass is 16.5. The molecule has 0 saturated carbocycles. The molecule has 0 fully saturated rings. The van der Waals surface area contributed by atoms with Crippen LogP contribution in [0.4, 0.5) is 0 Å². The van der Waals surface area contributed by atoms with E-state index in [1.807, 2.05) is 0 Å². The summed E-state index contributed by atoms with van der Waals surface area (Å²) in [7, 11) is 3.82. The molecule has 0 saturated heterocycles. The molecule has 0 spiro atoms. The summed E-state index contributed by atoms with van der Waals surface area (Å²) in [5, 5.41) is 3.39. The molecular formula is C11H25NO. The standard InChI is InChI=1S/C11H25NO/c1-6-10(3)11(12-4)7-9(2)8-13-5/h9-12H,6-8H2,1-5H3. The number of ether oxygens (including phenoxy) is 1. The number of hydrogen-bond acceptors (Lipinski definition) is 2. The highest BCUT2D eigenvalue weighted by Gasteiger charge is 2.16. The van der Waals surface area contributed by atoms with E-state index in [1.54, 1.807) is 7.11 Å². The zero-order valence-electron chi connectivity index (χ0n) is 9.76. The van der Waals surface area contributed by atoms with Crippen molar-refractivity contribution in [2.45, 2.75) is 39.7 Å². The number of hydrogen-bond donors (Lipinski definition) is 1. The highest BCUT2D eigenvalue weighted by molar-refractivity contribution is 4.73. The fraction of sp³-hybridized carbons (Fsp3) is 1.00. The maximum atomic E-state index is 5.13. The fourth-order valence-electron chi connectivity index (χ4n) is 1.71. The van der Waals surface area contributed by atoms with Crippen LogP contribution in [0.2, 0.25) is 0 Å². The zero-order chi connectivity index (χ0) is 10.3. The molecule has 0 aromatic carbocycles. The Labute approximate surface area is 83.1 Å². The molecule has 0 bridgehead atoms. The van der Waals surface area contributed by atoms with Crippen molar-refractivity contribution >= 4 is 0 Å². The Hall–Kier alpha value is -0.0800. The van der Waals surface area contributed by atoms with E-state index in [2.05, 4.69) is 33.1 Å². The van der Waals surface area contributed by atoms with Crippen LogP contribution in [-0.4, -0.2) is 26.8 Å². The monoisotopic (exact) mass is 187 g/mol. The first kappa shape index (κ1) is 12.9. The predicted molar refractivity (Wildman–Crippen MR) is 58.0 cm³/mol. The largest absolute Gasteiger partial charge is 0.384 e. The van der Waals surface area contributed by atoms with Crippen LogP contribution in [0, 0.1) is 11.8 Å². The number of methoxy groups -OCH3 is 1. The van der Waals surface area contributed by atoms with Crippen molar-refractivity contribution in [2.75, 3.05) is 20.8 Å². The van der Waals surface area contributed by atoms with E-state index in [1.165, 1.54) is 12.8 Å². The van der Waals surface area contributed by atoms with Gasteiger partial charge in [0, 0.05) is 19.8 Å². The van der Waals surface area contributed by atoms with E-state index in [4.69, 9.17) is 4.74 Å². The van der Waals surface area contributed by atoms with Gasteiger partial charge < -0.3 is 10.1 Å². The van der Waals surface area contributed by atoms with Gasteiger partial charge in [-0.05, 0) is 25.3 Å². The maximum absolute atomic E-state index is 5.13. The third kappa shape index (κ3) is 5.27. The number of nitrogens with one attached hydrogen (secondary N) is 1. The molecule has 13 heavy (non-hydrogen) atoms. The van der Waals surface area contributed by atoms with Gasteiger partial charge in [0.15, 0.2) is 0 Å². The van der Waals surface area contributed by atoms with Crippen LogP contribution in [0.5, 0.6) is 0 Å². The lowest BCUT2D eigenvalue weighted by Crippen LogP contribution is -2.34. The van der Waals surface area contributed by atoms with Crippen LogP contribution in [0.1, 0.15) is 33.6 Å². The lowest BCUT2D eigenvalue weighted by molar-refractivity contribution is 0.144. The van der Waals surface area contributed by atoms with Crippen LogP contribution < -0.4 is 5.32 Å². The summed E-state index contributed by atoms with van der Waals surface area (Å²) in [6.45, 7) is 7.67. The predicted octanol–water partition coefficient (Wildman–Crippen LogP) is 2.29. The quantitative estimate of drug-likeness (QED) is 0.660. The normalized spacial score (nSPS) is 18.2. The van der Waals surface area contributed by atoms with Gasteiger partial charge >= 0.3 is 0 Å². The minimum Gasteiger partial charge on any atom is -0.384 e. The van der Waals surface area contributed by atoms with E-state index in [0.717, 1.165) is 12.5 Å². The van der Waals surface area contributed by atoms with Crippen molar-refractivity contribution in [1.29, 1.82) is 0 Å². The van der Waals surface area contributed by atoms with Gasteiger partial charge in [0.25, 0.3) is 0 Å². The molecule has 0 radical (unpaired) electrons. The van der Waals surface area contributed by atoms with Gasteiger partial charge in [-0.25, -0.2) is 0 Å². The van der Waals surface area contributed by atoms with Crippen LogP contribution in [0.3, 0.4) is 0 Å². The van der Waals surface area contributed by atoms with Crippen molar-refractivity contribution in [1.82, 2.24) is 5.32 Å². The van der Waals surface area contributed by atoms with E-state index in [0.29, 0.717) is 12.0 Å². The molecule has 80 valence electrons. The molecule has 2 nitrogen and oxygen atoms in total. The third-order valence-corrected chi connectivity index (χ3v) is 2.81. The Kier molecular flexibility index (Phi) is 7.29. The molecule has 3 unspecified atom stereocenters. The van der Waals surface area contributed by atoms with E-state index in [9.17, 15) is 0 Å². The maximum Gasteiger partial charge on any atom is 0.0488 e. The molecule has 0 aliphatic heterocycles. The molecule has 0 rings (SSSR count). The smallest absolute Gasteiger partial charge is 0.0488 e. The highest BCUT2D eigenvalue weighted by Crippen LogP contribution is 2.15. The van der Waals surface area contributed by atoms with Crippen molar-refractivity contribution in [2.24, 2.45) is 11.8 Å². The lowest BCUT2D eigenvalue weighted by Gasteiger charge is -2.25. The first-order valence-electron chi connectivity index (χ1n) is 5.31. The minimum atomic E-state index is 0.634. The Balaban J connectivity index is 3.82. The molecule has 3 atom stereocenters. The van der Waals surface area contributed by atoms with E-state index < -0.39 is 0 Å². The van der Waals surface area contributed by atoms with Gasteiger partial charge in [-0.2, -0.15) is 0 Å². The summed E-state index contributed by atoms with van der Waals surface area (Å²) in [5.41, 5.74) is 0. The summed E-state index contributed by atoms with van der Waals surface area (Å²) >= 11 is 0. The molecule has 2 heteroatoms. The van der Waals surface area contributed by atoms with Crippen molar-refractivity contribution in [3.8, 4) is 0 Å². The average Bonchev–Trinajstić information content (AvgIpc) is 2.13. The summed E-state index contributed by atoms with van der Waals surface area (Å²) in [6.07, 6.45) is 2.45. The zero-order valence-corrected chi connectivity index (χ0v) is 9.76. The van der Waals surface area contributed by atoms with Gasteiger partial charge in [0.05, 0.1) is 0 Å². The second kappa shape index (κ2) is 7.34. The van der Waals surface area contributed by atoms with Crippen molar-refractivity contribution in [3.05, 3.63) is 0 Å². The summed E-state index contributed by atoms with van der Waals surface area (Å²) < 4.78 is 5.13. The number of rotatable bonds is 7. The Morgan fingerprint density at radius 3 is 2.31 bits per heavy atom. The topological polar surface area (TPSA) is 21.3 Å². The molecule has 0 aromatic rings. The third-order valence-electron chi connectivity index (χ3n) is 2.81. The first-order chi connectivity index (χ1) is 6.15. The van der Waals surface area contributed by atoms with Crippen LogP contribution in [-0.2, 0) is 4.74 Å². The van der Waals surface area contributed by atoms with Crippen LogP contribution >= 0.6 is 0 Å². The first-order valence-corrected chi connectivity index (χ1v) is 5.31. The van der Waals surface area contributed by atoms with E-state index in [-0.39, 0.29) is 0 Å². The van der Waals surface area contributed by atoms with Gasteiger partial charge in [0.1, 0.15) is 0 Å². The average molecular weight is 187 g/mol.